The first-order chi connectivity index (χ1) is 10.2. The topological polar surface area (TPSA) is 45.1 Å². The Bertz CT molecular complexity index is 727. The maximum atomic E-state index is 13.1. The lowest BCUT2D eigenvalue weighted by Gasteiger charge is -2.08. The van der Waals surface area contributed by atoms with Gasteiger partial charge < -0.3 is 10.4 Å². The van der Waals surface area contributed by atoms with E-state index in [0.717, 1.165) is 16.3 Å². The van der Waals surface area contributed by atoms with Gasteiger partial charge in [0.05, 0.1) is 0 Å². The lowest BCUT2D eigenvalue weighted by molar-refractivity contribution is 0.466. The number of rotatable bonds is 4. The lowest BCUT2D eigenvalue weighted by Crippen LogP contribution is -2.00. The van der Waals surface area contributed by atoms with Gasteiger partial charge in [-0.15, -0.1) is 11.3 Å². The number of phenols is 1. The first-order valence-electron chi connectivity index (χ1n) is 6.43. The zero-order chi connectivity index (χ0) is 14.7. The van der Waals surface area contributed by atoms with Crippen molar-refractivity contribution in [2.75, 3.05) is 5.32 Å². The number of hydrogen-bond donors (Lipinski definition) is 2. The van der Waals surface area contributed by atoms with E-state index in [0.29, 0.717) is 12.1 Å². The third-order valence-electron chi connectivity index (χ3n) is 3.09. The second kappa shape index (κ2) is 5.93. The molecule has 3 nitrogen and oxygen atoms in total. The highest BCUT2D eigenvalue weighted by molar-refractivity contribution is 7.13. The molecular formula is C16H13FN2OS. The molecule has 21 heavy (non-hydrogen) atoms. The zero-order valence-corrected chi connectivity index (χ0v) is 11.9. The molecule has 0 aliphatic carbocycles. The fraction of sp³-hybridized carbons (Fsp3) is 0.0625. The average molecular weight is 300 g/mol. The van der Waals surface area contributed by atoms with Crippen LogP contribution >= 0.6 is 11.3 Å². The minimum Gasteiger partial charge on any atom is -0.508 e. The standard InChI is InChI=1S/C16H13FN2OS/c17-13-3-6-15(20)12(9-13)10-19-14-4-1-11(2-5-14)16-18-7-8-21-16/h1-9,19-20H,10H2. The van der Waals surface area contributed by atoms with Crippen molar-refractivity contribution < 1.29 is 9.50 Å². The van der Waals surface area contributed by atoms with Crippen LogP contribution in [0.4, 0.5) is 10.1 Å². The number of phenolic OH excluding ortho intramolecular Hbond substituents is 1. The molecule has 0 amide bonds. The summed E-state index contributed by atoms with van der Waals surface area (Å²) in [5.41, 5.74) is 2.49. The second-order valence-corrected chi connectivity index (χ2v) is 5.44. The molecule has 1 aromatic heterocycles. The molecule has 5 heteroatoms. The van der Waals surface area contributed by atoms with Gasteiger partial charge in [0, 0.05) is 34.9 Å². The molecule has 0 aliphatic heterocycles. The normalized spacial score (nSPS) is 10.5. The maximum Gasteiger partial charge on any atom is 0.123 e. The van der Waals surface area contributed by atoms with Crippen molar-refractivity contribution in [3.05, 3.63) is 65.4 Å². The summed E-state index contributed by atoms with van der Waals surface area (Å²) < 4.78 is 13.1. The molecule has 0 spiro atoms. The molecule has 2 aromatic carbocycles. The van der Waals surface area contributed by atoms with Gasteiger partial charge >= 0.3 is 0 Å². The van der Waals surface area contributed by atoms with Crippen molar-refractivity contribution in [2.45, 2.75) is 6.54 Å². The summed E-state index contributed by atoms with van der Waals surface area (Å²) in [6.07, 6.45) is 1.78. The molecule has 1 heterocycles. The van der Waals surface area contributed by atoms with E-state index >= 15 is 0 Å². The number of nitrogens with zero attached hydrogens (tertiary/aromatic N) is 1. The number of thiazole rings is 1. The number of nitrogens with one attached hydrogen (secondary N) is 1. The molecule has 2 N–H and O–H groups in total. The molecule has 106 valence electrons. The van der Waals surface area contributed by atoms with E-state index in [1.807, 2.05) is 29.6 Å². The summed E-state index contributed by atoms with van der Waals surface area (Å²) in [6.45, 7) is 0.361. The van der Waals surface area contributed by atoms with Crippen molar-refractivity contribution in [1.29, 1.82) is 0 Å². The number of aromatic nitrogens is 1. The second-order valence-electron chi connectivity index (χ2n) is 4.54. The number of hydrogen-bond acceptors (Lipinski definition) is 4. The lowest BCUT2D eigenvalue weighted by atomic mass is 10.1. The Kier molecular flexibility index (Phi) is 3.83. The van der Waals surface area contributed by atoms with Crippen LogP contribution in [0.5, 0.6) is 5.75 Å². The SMILES string of the molecule is Oc1ccc(F)cc1CNc1ccc(-c2nccs2)cc1. The molecule has 0 saturated carbocycles. The van der Waals surface area contributed by atoms with Gasteiger partial charge in [-0.1, -0.05) is 0 Å². The summed E-state index contributed by atoms with van der Waals surface area (Å²) in [4.78, 5) is 4.25. The molecule has 0 aliphatic rings. The zero-order valence-electron chi connectivity index (χ0n) is 11.1. The predicted molar refractivity (Wildman–Crippen MR) is 82.9 cm³/mol. The van der Waals surface area contributed by atoms with Crippen molar-refractivity contribution >= 4 is 17.0 Å². The van der Waals surface area contributed by atoms with Gasteiger partial charge in [-0.2, -0.15) is 0 Å². The molecule has 3 aromatic rings. The first-order valence-corrected chi connectivity index (χ1v) is 7.31. The molecule has 0 bridgehead atoms. The maximum absolute atomic E-state index is 13.1. The van der Waals surface area contributed by atoms with E-state index in [2.05, 4.69) is 10.3 Å². The highest BCUT2D eigenvalue weighted by Crippen LogP contribution is 2.24. The summed E-state index contributed by atoms with van der Waals surface area (Å²) in [7, 11) is 0. The van der Waals surface area contributed by atoms with Gasteiger partial charge in [-0.05, 0) is 42.5 Å². The van der Waals surface area contributed by atoms with Crippen molar-refractivity contribution in [3.63, 3.8) is 0 Å². The van der Waals surface area contributed by atoms with E-state index in [9.17, 15) is 9.50 Å². The number of anilines is 1. The van der Waals surface area contributed by atoms with E-state index in [1.165, 1.54) is 18.2 Å². The predicted octanol–water partition coefficient (Wildman–Crippen LogP) is 4.27. The molecule has 0 atom stereocenters. The Morgan fingerprint density at radius 3 is 2.67 bits per heavy atom. The summed E-state index contributed by atoms with van der Waals surface area (Å²) >= 11 is 1.59. The van der Waals surface area contributed by atoms with E-state index in [-0.39, 0.29) is 11.6 Å². The van der Waals surface area contributed by atoms with Crippen LogP contribution in [0.2, 0.25) is 0 Å². The smallest absolute Gasteiger partial charge is 0.123 e. The van der Waals surface area contributed by atoms with Crippen LogP contribution in [0.15, 0.2) is 54.0 Å². The molecule has 3 rings (SSSR count). The monoisotopic (exact) mass is 300 g/mol. The quantitative estimate of drug-likeness (QED) is 0.756. The number of benzene rings is 2. The molecular weight excluding hydrogens is 287 g/mol. The molecule has 0 saturated heterocycles. The number of aromatic hydroxyl groups is 1. The minimum atomic E-state index is -0.358. The average Bonchev–Trinajstić information content (AvgIpc) is 3.03. The van der Waals surface area contributed by atoms with E-state index in [4.69, 9.17) is 0 Å². The Balaban J connectivity index is 1.70. The van der Waals surface area contributed by atoms with Crippen LogP contribution in [-0.4, -0.2) is 10.1 Å². The van der Waals surface area contributed by atoms with Crippen LogP contribution in [0.25, 0.3) is 10.6 Å². The highest BCUT2D eigenvalue weighted by atomic mass is 32.1. The Morgan fingerprint density at radius 1 is 1.14 bits per heavy atom. The van der Waals surface area contributed by atoms with Gasteiger partial charge in [0.25, 0.3) is 0 Å². The van der Waals surface area contributed by atoms with Crippen LogP contribution in [0.3, 0.4) is 0 Å². The van der Waals surface area contributed by atoms with Crippen LogP contribution in [-0.2, 0) is 6.54 Å². The third-order valence-corrected chi connectivity index (χ3v) is 3.91. The minimum absolute atomic E-state index is 0.0864. The summed E-state index contributed by atoms with van der Waals surface area (Å²) in [5.74, 6) is -0.271. The fourth-order valence-electron chi connectivity index (χ4n) is 1.99. The Labute approximate surface area is 125 Å². The van der Waals surface area contributed by atoms with Crippen LogP contribution in [0.1, 0.15) is 5.56 Å². The fourth-order valence-corrected chi connectivity index (χ4v) is 2.63. The van der Waals surface area contributed by atoms with Gasteiger partial charge in [0.2, 0.25) is 0 Å². The highest BCUT2D eigenvalue weighted by Gasteiger charge is 2.04. The van der Waals surface area contributed by atoms with E-state index < -0.39 is 0 Å². The van der Waals surface area contributed by atoms with Crippen LogP contribution in [0, 0.1) is 5.82 Å². The largest absolute Gasteiger partial charge is 0.508 e. The van der Waals surface area contributed by atoms with E-state index in [1.54, 1.807) is 17.5 Å². The van der Waals surface area contributed by atoms with Crippen LogP contribution < -0.4 is 5.32 Å². The summed E-state index contributed by atoms with van der Waals surface area (Å²) in [5, 5.41) is 15.7. The van der Waals surface area contributed by atoms with Gasteiger partial charge in [-0.3, -0.25) is 0 Å². The third kappa shape index (κ3) is 3.20. The molecule has 0 unspecified atom stereocenters. The Hall–Kier alpha value is -2.40. The number of halogens is 1. The van der Waals surface area contributed by atoms with Crippen molar-refractivity contribution in [3.8, 4) is 16.3 Å². The van der Waals surface area contributed by atoms with Gasteiger partial charge in [0.1, 0.15) is 16.6 Å². The Morgan fingerprint density at radius 2 is 1.95 bits per heavy atom. The molecule has 0 fully saturated rings. The van der Waals surface area contributed by atoms with Gasteiger partial charge in [-0.25, -0.2) is 9.37 Å². The van der Waals surface area contributed by atoms with Crippen molar-refractivity contribution in [1.82, 2.24) is 4.98 Å². The van der Waals surface area contributed by atoms with Crippen molar-refractivity contribution in [2.24, 2.45) is 0 Å². The first kappa shape index (κ1) is 13.6. The molecule has 0 radical (unpaired) electrons. The summed E-state index contributed by atoms with van der Waals surface area (Å²) in [6, 6.07) is 11.8. The van der Waals surface area contributed by atoms with Gasteiger partial charge in [0.15, 0.2) is 0 Å².